The van der Waals surface area contributed by atoms with Crippen molar-refractivity contribution in [1.29, 1.82) is 0 Å². The standard InChI is InChI=1S/C30H32FN3O6/c1-4-6-22(35)25(27(32)36)15-8-7-14-13(3)19(31)10-20-24(14)23(15)16-11-34-21(26(16)33-20)9-18-17(28(34)37)12-40-29(38)30(18,39)5-2/h9-10,15,22,25,35,39H,4-8,11-12H2,1-3H3,(H2,32,36)/t15-,22?,25?,30+/m1/s1. The summed E-state index contributed by atoms with van der Waals surface area (Å²) in [5.74, 6) is -3.17. The zero-order valence-corrected chi connectivity index (χ0v) is 22.7. The van der Waals surface area contributed by atoms with Crippen molar-refractivity contribution in [1.82, 2.24) is 9.55 Å². The number of cyclic esters (lactones) is 1. The first-order valence-electron chi connectivity index (χ1n) is 13.8. The number of aromatic nitrogens is 2. The lowest BCUT2D eigenvalue weighted by Gasteiger charge is -2.35. The first-order chi connectivity index (χ1) is 19.0. The molecule has 1 amide bonds. The molecule has 2 unspecified atom stereocenters. The number of fused-ring (bicyclic) bond motifs is 5. The second-order valence-corrected chi connectivity index (χ2v) is 11.2. The fourth-order valence-electron chi connectivity index (χ4n) is 7.08. The molecule has 0 fully saturated rings. The van der Waals surface area contributed by atoms with Crippen LogP contribution in [0.15, 0.2) is 16.9 Å². The topological polar surface area (TPSA) is 145 Å². The summed E-state index contributed by atoms with van der Waals surface area (Å²) in [5.41, 5.74) is 7.86. The molecule has 2 aliphatic heterocycles. The molecule has 9 nitrogen and oxygen atoms in total. The Kier molecular flexibility index (Phi) is 6.12. The van der Waals surface area contributed by atoms with E-state index in [0.29, 0.717) is 53.7 Å². The van der Waals surface area contributed by atoms with Gasteiger partial charge in [0.25, 0.3) is 5.56 Å². The number of nitrogens with two attached hydrogens (primary N) is 1. The van der Waals surface area contributed by atoms with E-state index < -0.39 is 46.8 Å². The first kappa shape index (κ1) is 26.6. The molecule has 210 valence electrons. The second kappa shape index (κ2) is 9.21. The summed E-state index contributed by atoms with van der Waals surface area (Å²) in [4.78, 5) is 43.9. The lowest BCUT2D eigenvalue weighted by molar-refractivity contribution is -0.172. The van der Waals surface area contributed by atoms with E-state index in [4.69, 9.17) is 15.5 Å². The first-order valence-corrected chi connectivity index (χ1v) is 13.8. The van der Waals surface area contributed by atoms with E-state index >= 15 is 4.39 Å². The highest BCUT2D eigenvalue weighted by Crippen LogP contribution is 2.49. The Morgan fingerprint density at radius 2 is 2.02 bits per heavy atom. The number of aliphatic hydroxyl groups is 2. The van der Waals surface area contributed by atoms with Crippen LogP contribution in [0.1, 0.15) is 78.8 Å². The number of aliphatic hydroxyl groups excluding tert-OH is 1. The predicted octanol–water partition coefficient (Wildman–Crippen LogP) is 2.82. The molecule has 0 saturated heterocycles. The Balaban J connectivity index is 1.67. The van der Waals surface area contributed by atoms with Crippen LogP contribution in [-0.4, -0.2) is 37.7 Å². The summed E-state index contributed by atoms with van der Waals surface area (Å²) < 4.78 is 21.8. The number of rotatable bonds is 6. The number of esters is 1. The number of benzene rings is 1. The van der Waals surface area contributed by atoms with Crippen LogP contribution >= 0.6 is 0 Å². The molecule has 1 aliphatic carbocycles. The summed E-state index contributed by atoms with van der Waals surface area (Å²) in [5, 5.41) is 23.0. The Hall–Kier alpha value is -3.63. The molecule has 0 radical (unpaired) electrons. The fourth-order valence-corrected chi connectivity index (χ4v) is 7.08. The monoisotopic (exact) mass is 549 g/mol. The van der Waals surface area contributed by atoms with Gasteiger partial charge in [0, 0.05) is 22.6 Å². The third-order valence-electron chi connectivity index (χ3n) is 9.18. The van der Waals surface area contributed by atoms with Crippen molar-refractivity contribution in [3.8, 4) is 11.4 Å². The lowest BCUT2D eigenvalue weighted by Crippen LogP contribution is -2.44. The zero-order valence-electron chi connectivity index (χ0n) is 22.7. The van der Waals surface area contributed by atoms with Crippen LogP contribution in [0.2, 0.25) is 0 Å². The van der Waals surface area contributed by atoms with Gasteiger partial charge >= 0.3 is 5.97 Å². The molecule has 1 aromatic carbocycles. The number of halogens is 1. The van der Waals surface area contributed by atoms with Gasteiger partial charge < -0.3 is 25.3 Å². The molecule has 4 heterocycles. The highest BCUT2D eigenvalue weighted by atomic mass is 19.1. The molecule has 4 N–H and O–H groups in total. The average molecular weight is 550 g/mol. The van der Waals surface area contributed by atoms with Crippen molar-refractivity contribution in [2.75, 3.05) is 0 Å². The van der Waals surface area contributed by atoms with Crippen LogP contribution in [0.4, 0.5) is 4.39 Å². The van der Waals surface area contributed by atoms with Gasteiger partial charge in [-0.25, -0.2) is 14.2 Å². The number of pyridine rings is 2. The number of amides is 1. The van der Waals surface area contributed by atoms with Crippen LogP contribution in [-0.2, 0) is 39.5 Å². The number of nitrogens with zero attached hydrogens (tertiary/aromatic N) is 2. The zero-order chi connectivity index (χ0) is 28.7. The molecule has 6 rings (SSSR count). The van der Waals surface area contributed by atoms with Gasteiger partial charge in [0.2, 0.25) is 5.91 Å². The third-order valence-corrected chi connectivity index (χ3v) is 9.18. The van der Waals surface area contributed by atoms with E-state index in [1.807, 2.05) is 6.92 Å². The minimum Gasteiger partial charge on any atom is -0.458 e. The minimum absolute atomic E-state index is 0.0104. The Morgan fingerprint density at radius 1 is 1.27 bits per heavy atom. The summed E-state index contributed by atoms with van der Waals surface area (Å²) in [7, 11) is 0. The molecule has 0 saturated carbocycles. The van der Waals surface area contributed by atoms with E-state index in [0.717, 1.165) is 16.5 Å². The van der Waals surface area contributed by atoms with E-state index in [9.17, 15) is 24.6 Å². The van der Waals surface area contributed by atoms with Crippen LogP contribution in [0, 0.1) is 18.7 Å². The summed E-state index contributed by atoms with van der Waals surface area (Å²) in [6.07, 6.45) is 1.07. The largest absolute Gasteiger partial charge is 0.458 e. The van der Waals surface area contributed by atoms with Gasteiger partial charge in [-0.3, -0.25) is 9.59 Å². The maximum absolute atomic E-state index is 15.1. The lowest BCUT2D eigenvalue weighted by atomic mass is 9.70. The second-order valence-electron chi connectivity index (χ2n) is 11.2. The molecule has 0 spiro atoms. The highest BCUT2D eigenvalue weighted by Gasteiger charge is 2.46. The van der Waals surface area contributed by atoms with Gasteiger partial charge in [-0.15, -0.1) is 0 Å². The van der Waals surface area contributed by atoms with Gasteiger partial charge in [-0.1, -0.05) is 20.3 Å². The number of carbonyl (C=O) groups excluding carboxylic acids is 2. The summed E-state index contributed by atoms with van der Waals surface area (Å²) >= 11 is 0. The van der Waals surface area contributed by atoms with Crippen molar-refractivity contribution in [3.63, 3.8) is 0 Å². The maximum Gasteiger partial charge on any atom is 0.343 e. The van der Waals surface area contributed by atoms with Gasteiger partial charge in [0.1, 0.15) is 12.4 Å². The van der Waals surface area contributed by atoms with E-state index in [2.05, 4.69) is 0 Å². The quantitative estimate of drug-likeness (QED) is 0.314. The van der Waals surface area contributed by atoms with E-state index in [-0.39, 0.29) is 30.7 Å². The molecular formula is C30H32FN3O6. The van der Waals surface area contributed by atoms with Crippen LogP contribution in [0.25, 0.3) is 22.3 Å². The van der Waals surface area contributed by atoms with E-state index in [1.54, 1.807) is 19.9 Å². The van der Waals surface area contributed by atoms with Crippen molar-refractivity contribution in [2.45, 2.75) is 83.6 Å². The molecule has 2 aromatic heterocycles. The van der Waals surface area contributed by atoms with Gasteiger partial charge in [0.05, 0.1) is 41.0 Å². The molecule has 0 bridgehead atoms. The van der Waals surface area contributed by atoms with Crippen LogP contribution in [0.5, 0.6) is 0 Å². The number of hydrogen-bond donors (Lipinski definition) is 3. The van der Waals surface area contributed by atoms with Crippen molar-refractivity contribution in [2.24, 2.45) is 11.7 Å². The van der Waals surface area contributed by atoms with Crippen LogP contribution < -0.4 is 11.3 Å². The number of primary amides is 1. The van der Waals surface area contributed by atoms with Crippen molar-refractivity contribution >= 4 is 22.8 Å². The number of hydrogen-bond acceptors (Lipinski definition) is 7. The molecule has 4 atom stereocenters. The molecule has 40 heavy (non-hydrogen) atoms. The van der Waals surface area contributed by atoms with Gasteiger partial charge in [0.15, 0.2) is 5.60 Å². The fraction of sp³-hybridized carbons (Fsp3) is 0.467. The molecular weight excluding hydrogens is 517 g/mol. The normalized spacial score (nSPS) is 22.4. The minimum atomic E-state index is -1.98. The maximum atomic E-state index is 15.1. The van der Waals surface area contributed by atoms with Crippen molar-refractivity contribution in [3.05, 3.63) is 61.7 Å². The van der Waals surface area contributed by atoms with Gasteiger partial charge in [-0.2, -0.15) is 0 Å². The predicted molar refractivity (Wildman–Crippen MR) is 144 cm³/mol. The smallest absolute Gasteiger partial charge is 0.343 e. The Morgan fingerprint density at radius 3 is 2.70 bits per heavy atom. The SMILES string of the molecule is CCCC(O)C(C(N)=O)[C@@H]1CCc2c(C)c(F)cc3nc4c(c1c23)Cn1c-4cc2c(c1=O)COC(=O)[C@]2(O)CC. The summed E-state index contributed by atoms with van der Waals surface area (Å²) in [6, 6.07) is 2.97. The summed E-state index contributed by atoms with van der Waals surface area (Å²) in [6.45, 7) is 5.15. The third kappa shape index (κ3) is 3.51. The Bertz CT molecular complexity index is 1680. The van der Waals surface area contributed by atoms with Crippen molar-refractivity contribution < 1.29 is 28.9 Å². The Labute approximate surface area is 229 Å². The average Bonchev–Trinajstić information content (AvgIpc) is 3.29. The number of carbonyl (C=O) groups is 2. The van der Waals surface area contributed by atoms with Crippen LogP contribution in [0.3, 0.4) is 0 Å². The highest BCUT2D eigenvalue weighted by molar-refractivity contribution is 5.94. The molecule has 3 aromatic rings. The van der Waals surface area contributed by atoms with Gasteiger partial charge in [-0.05, 0) is 61.3 Å². The molecule has 3 aliphatic rings. The van der Waals surface area contributed by atoms with E-state index in [1.165, 1.54) is 10.6 Å². The number of ether oxygens (including phenoxy) is 1. The number of aryl methyl sites for hydroxylation is 1. The molecule has 10 heteroatoms.